The molecule has 21 heavy (non-hydrogen) atoms. The molecule has 0 saturated carbocycles. The molecule has 0 unspecified atom stereocenters. The van der Waals surface area contributed by atoms with Crippen LogP contribution < -0.4 is 0 Å². The number of halogens is 1. The third-order valence-electron chi connectivity index (χ3n) is 3.39. The van der Waals surface area contributed by atoms with Gasteiger partial charge in [0.25, 0.3) is 0 Å². The second kappa shape index (κ2) is 6.55. The molecule has 0 spiro atoms. The normalized spacial score (nSPS) is 10.1. The molecular weight excluding hydrogens is 320 g/mol. The predicted octanol–water partition coefficient (Wildman–Crippen LogP) is 6.44. The quantitative estimate of drug-likeness (QED) is 0.324. The van der Waals surface area contributed by atoms with Crippen LogP contribution in [0.15, 0.2) is 95.5 Å². The molecule has 0 aliphatic carbocycles. The Kier molecular flexibility index (Phi) is 4.32. The molecule has 4 aromatic rings. The van der Waals surface area contributed by atoms with Crippen molar-refractivity contribution < 1.29 is 0 Å². The first kappa shape index (κ1) is 13.8. The predicted molar refractivity (Wildman–Crippen MR) is 95.6 cm³/mol. The van der Waals surface area contributed by atoms with Crippen molar-refractivity contribution in [2.75, 3.05) is 0 Å². The average Bonchev–Trinajstić information content (AvgIpc) is 2.56. The van der Waals surface area contributed by atoms with Gasteiger partial charge in [0.05, 0.1) is 0 Å². The Morgan fingerprint density at radius 2 is 0.857 bits per heavy atom. The molecule has 0 amide bonds. The lowest BCUT2D eigenvalue weighted by Crippen LogP contribution is -1.75. The second-order valence-electron chi connectivity index (χ2n) is 4.80. The van der Waals surface area contributed by atoms with Crippen molar-refractivity contribution in [1.82, 2.24) is 0 Å². The maximum absolute atomic E-state index is 3.31. The van der Waals surface area contributed by atoms with Crippen LogP contribution in [0.25, 0.3) is 21.5 Å². The van der Waals surface area contributed by atoms with Crippen molar-refractivity contribution in [2.24, 2.45) is 0 Å². The smallest absolute Gasteiger partial charge is 0.0175 e. The highest BCUT2D eigenvalue weighted by Gasteiger charge is 1.97. The SMILES string of the molecule is Brc1ccccc1.c1ccc2c(c1)ccc1ccccc12. The van der Waals surface area contributed by atoms with E-state index < -0.39 is 0 Å². The molecule has 102 valence electrons. The molecule has 0 N–H and O–H groups in total. The fraction of sp³-hybridized carbons (Fsp3) is 0. The summed E-state index contributed by atoms with van der Waals surface area (Å²) in [7, 11) is 0. The Balaban J connectivity index is 0.000000160. The van der Waals surface area contributed by atoms with E-state index in [0.29, 0.717) is 0 Å². The maximum Gasteiger partial charge on any atom is 0.0175 e. The molecule has 0 saturated heterocycles. The fourth-order valence-corrected chi connectivity index (χ4v) is 2.67. The van der Waals surface area contributed by atoms with Crippen molar-refractivity contribution in [3.05, 3.63) is 95.5 Å². The first-order valence-corrected chi connectivity index (χ1v) is 7.71. The van der Waals surface area contributed by atoms with E-state index in [1.54, 1.807) is 0 Å². The van der Waals surface area contributed by atoms with Crippen LogP contribution in [0.5, 0.6) is 0 Å². The van der Waals surface area contributed by atoms with Gasteiger partial charge in [-0.05, 0) is 33.7 Å². The van der Waals surface area contributed by atoms with Gasteiger partial charge in [-0.25, -0.2) is 0 Å². The summed E-state index contributed by atoms with van der Waals surface area (Å²) in [5.41, 5.74) is 0. The molecule has 0 bridgehead atoms. The van der Waals surface area contributed by atoms with E-state index in [0.717, 1.165) is 4.47 Å². The van der Waals surface area contributed by atoms with Crippen molar-refractivity contribution >= 4 is 37.5 Å². The van der Waals surface area contributed by atoms with Crippen LogP contribution in [0.2, 0.25) is 0 Å². The molecule has 1 heteroatoms. The fourth-order valence-electron chi connectivity index (χ4n) is 2.37. The molecule has 0 fully saturated rings. The molecule has 0 nitrogen and oxygen atoms in total. The van der Waals surface area contributed by atoms with Crippen molar-refractivity contribution in [1.29, 1.82) is 0 Å². The van der Waals surface area contributed by atoms with Gasteiger partial charge in [0.2, 0.25) is 0 Å². The molecule has 4 aromatic carbocycles. The monoisotopic (exact) mass is 334 g/mol. The Bertz CT molecular complexity index is 796. The highest BCUT2D eigenvalue weighted by Crippen LogP contribution is 2.24. The van der Waals surface area contributed by atoms with Gasteiger partial charge in [-0.15, -0.1) is 0 Å². The standard InChI is InChI=1S/C14H10.C6H5Br/c1-3-7-13-11(5-1)9-10-12-6-2-4-8-14(12)13;7-6-4-2-1-3-5-6/h1-10H;1-5H. The summed E-state index contributed by atoms with van der Waals surface area (Å²) in [4.78, 5) is 0. The van der Waals surface area contributed by atoms with Crippen LogP contribution in [0.3, 0.4) is 0 Å². The summed E-state index contributed by atoms with van der Waals surface area (Å²) >= 11 is 3.31. The first-order valence-electron chi connectivity index (χ1n) is 6.92. The van der Waals surface area contributed by atoms with E-state index in [-0.39, 0.29) is 0 Å². The van der Waals surface area contributed by atoms with E-state index >= 15 is 0 Å². The van der Waals surface area contributed by atoms with Crippen molar-refractivity contribution in [2.45, 2.75) is 0 Å². The van der Waals surface area contributed by atoms with Crippen LogP contribution >= 0.6 is 15.9 Å². The summed E-state index contributed by atoms with van der Waals surface area (Å²) in [5, 5.41) is 5.30. The minimum absolute atomic E-state index is 1.13. The lowest BCUT2D eigenvalue weighted by atomic mass is 10.0. The van der Waals surface area contributed by atoms with Gasteiger partial charge in [-0.3, -0.25) is 0 Å². The van der Waals surface area contributed by atoms with Gasteiger partial charge in [0.15, 0.2) is 0 Å². The van der Waals surface area contributed by atoms with E-state index in [2.05, 4.69) is 76.6 Å². The summed E-state index contributed by atoms with van der Waals surface area (Å²) in [6.07, 6.45) is 0. The summed E-state index contributed by atoms with van der Waals surface area (Å²) in [5.74, 6) is 0. The Morgan fingerprint density at radius 3 is 1.29 bits per heavy atom. The molecular formula is C20H15Br. The largest absolute Gasteiger partial charge is 0.0622 e. The van der Waals surface area contributed by atoms with Crippen LogP contribution in [0, 0.1) is 0 Å². The van der Waals surface area contributed by atoms with Crippen LogP contribution in [0.4, 0.5) is 0 Å². The Morgan fingerprint density at radius 1 is 0.429 bits per heavy atom. The van der Waals surface area contributed by atoms with Gasteiger partial charge >= 0.3 is 0 Å². The van der Waals surface area contributed by atoms with Gasteiger partial charge in [0, 0.05) is 4.47 Å². The molecule has 4 rings (SSSR count). The van der Waals surface area contributed by atoms with Gasteiger partial charge < -0.3 is 0 Å². The molecule has 0 aliphatic heterocycles. The molecule has 0 atom stereocenters. The third kappa shape index (κ3) is 3.32. The van der Waals surface area contributed by atoms with Gasteiger partial charge in [0.1, 0.15) is 0 Å². The first-order chi connectivity index (χ1) is 10.3. The minimum Gasteiger partial charge on any atom is -0.0622 e. The summed E-state index contributed by atoms with van der Waals surface area (Å²) in [6, 6.07) is 31.3. The van der Waals surface area contributed by atoms with Crippen molar-refractivity contribution in [3.63, 3.8) is 0 Å². The van der Waals surface area contributed by atoms with Crippen LogP contribution in [0.1, 0.15) is 0 Å². The van der Waals surface area contributed by atoms with Crippen LogP contribution in [-0.4, -0.2) is 0 Å². The molecule has 0 heterocycles. The lowest BCUT2D eigenvalue weighted by molar-refractivity contribution is 1.66. The number of fused-ring (bicyclic) bond motifs is 3. The summed E-state index contributed by atoms with van der Waals surface area (Å²) < 4.78 is 1.13. The minimum atomic E-state index is 1.13. The Hall–Kier alpha value is -2.12. The summed E-state index contributed by atoms with van der Waals surface area (Å²) in [6.45, 7) is 0. The van der Waals surface area contributed by atoms with Gasteiger partial charge in [-0.2, -0.15) is 0 Å². The highest BCUT2D eigenvalue weighted by atomic mass is 79.9. The second-order valence-corrected chi connectivity index (χ2v) is 5.72. The Labute approximate surface area is 133 Å². The van der Waals surface area contributed by atoms with E-state index in [1.807, 2.05) is 30.3 Å². The van der Waals surface area contributed by atoms with E-state index in [4.69, 9.17) is 0 Å². The van der Waals surface area contributed by atoms with E-state index in [9.17, 15) is 0 Å². The zero-order valence-electron chi connectivity index (χ0n) is 11.5. The third-order valence-corrected chi connectivity index (χ3v) is 3.92. The maximum atomic E-state index is 3.31. The number of hydrogen-bond donors (Lipinski definition) is 0. The topological polar surface area (TPSA) is 0 Å². The molecule has 0 aliphatic rings. The van der Waals surface area contributed by atoms with Crippen molar-refractivity contribution in [3.8, 4) is 0 Å². The van der Waals surface area contributed by atoms with E-state index in [1.165, 1.54) is 21.5 Å². The zero-order valence-corrected chi connectivity index (χ0v) is 13.1. The number of benzene rings is 4. The lowest BCUT2D eigenvalue weighted by Gasteiger charge is -2.02. The van der Waals surface area contributed by atoms with Gasteiger partial charge in [-0.1, -0.05) is 94.8 Å². The number of hydrogen-bond acceptors (Lipinski definition) is 0. The molecule has 0 aromatic heterocycles. The molecule has 0 radical (unpaired) electrons. The van der Waals surface area contributed by atoms with Crippen LogP contribution in [-0.2, 0) is 0 Å². The number of rotatable bonds is 0. The zero-order chi connectivity index (χ0) is 14.5. The highest BCUT2D eigenvalue weighted by molar-refractivity contribution is 9.10. The average molecular weight is 335 g/mol.